The first-order chi connectivity index (χ1) is 13.5. The average molecular weight is 381 g/mol. The molecule has 4 rings (SSSR count). The lowest BCUT2D eigenvalue weighted by Gasteiger charge is -2.32. The summed E-state index contributed by atoms with van der Waals surface area (Å²) in [7, 11) is 1.66. The van der Waals surface area contributed by atoms with Gasteiger partial charge in [-0.2, -0.15) is 9.61 Å². The number of hydrogen-bond acceptors (Lipinski definition) is 7. The van der Waals surface area contributed by atoms with E-state index in [-0.39, 0.29) is 5.41 Å². The molecule has 0 radical (unpaired) electrons. The van der Waals surface area contributed by atoms with Gasteiger partial charge in [0.1, 0.15) is 12.4 Å². The van der Waals surface area contributed by atoms with Gasteiger partial charge in [0.15, 0.2) is 17.3 Å². The second-order valence-corrected chi connectivity index (χ2v) is 8.32. The predicted octanol–water partition coefficient (Wildman–Crippen LogP) is 2.74. The van der Waals surface area contributed by atoms with E-state index in [2.05, 4.69) is 45.8 Å². The van der Waals surface area contributed by atoms with Crippen molar-refractivity contribution in [1.29, 1.82) is 0 Å². The van der Waals surface area contributed by atoms with Gasteiger partial charge in [0, 0.05) is 37.7 Å². The normalized spacial score (nSPS) is 16.1. The zero-order chi connectivity index (χ0) is 19.7. The van der Waals surface area contributed by atoms with Gasteiger partial charge in [0.2, 0.25) is 0 Å². The van der Waals surface area contributed by atoms with Gasteiger partial charge >= 0.3 is 0 Å². The van der Waals surface area contributed by atoms with Gasteiger partial charge in [-0.1, -0.05) is 20.8 Å². The molecule has 1 saturated heterocycles. The number of piperidine rings is 1. The molecule has 8 heteroatoms. The predicted molar refractivity (Wildman–Crippen MR) is 106 cm³/mol. The second kappa shape index (κ2) is 7.43. The van der Waals surface area contributed by atoms with Gasteiger partial charge in [-0.25, -0.2) is 9.97 Å². The largest absolute Gasteiger partial charge is 0.377 e. The van der Waals surface area contributed by atoms with E-state index in [1.807, 2.05) is 22.7 Å². The highest BCUT2D eigenvalue weighted by molar-refractivity contribution is 5.40. The van der Waals surface area contributed by atoms with Gasteiger partial charge in [-0.05, 0) is 31.0 Å². The summed E-state index contributed by atoms with van der Waals surface area (Å²) < 4.78 is 7.07. The highest BCUT2D eigenvalue weighted by Crippen LogP contribution is 2.29. The second-order valence-electron chi connectivity index (χ2n) is 8.32. The molecule has 4 heterocycles. The fraction of sp³-hybridized carbons (Fsp3) is 0.550. The van der Waals surface area contributed by atoms with Gasteiger partial charge in [0.25, 0.3) is 0 Å². The van der Waals surface area contributed by atoms with Crippen molar-refractivity contribution >= 4 is 11.5 Å². The van der Waals surface area contributed by atoms with E-state index < -0.39 is 0 Å². The van der Waals surface area contributed by atoms with Crippen LogP contribution >= 0.6 is 0 Å². The first-order valence-corrected chi connectivity index (χ1v) is 9.74. The Labute approximate surface area is 165 Å². The summed E-state index contributed by atoms with van der Waals surface area (Å²) >= 11 is 0. The third-order valence-corrected chi connectivity index (χ3v) is 5.20. The van der Waals surface area contributed by atoms with Crippen LogP contribution in [0.4, 0.5) is 5.82 Å². The molecule has 3 aromatic rings. The van der Waals surface area contributed by atoms with Gasteiger partial charge < -0.3 is 9.64 Å². The van der Waals surface area contributed by atoms with Crippen LogP contribution in [0.25, 0.3) is 5.65 Å². The van der Waals surface area contributed by atoms with Crippen molar-refractivity contribution in [3.8, 4) is 0 Å². The van der Waals surface area contributed by atoms with Crippen molar-refractivity contribution in [3.05, 3.63) is 41.7 Å². The van der Waals surface area contributed by atoms with Crippen molar-refractivity contribution in [2.75, 3.05) is 25.1 Å². The van der Waals surface area contributed by atoms with Crippen LogP contribution in [0.3, 0.4) is 0 Å². The van der Waals surface area contributed by atoms with Gasteiger partial charge in [-0.15, -0.1) is 10.2 Å². The van der Waals surface area contributed by atoms with E-state index in [1.54, 1.807) is 13.3 Å². The molecule has 0 aliphatic carbocycles. The maximum absolute atomic E-state index is 5.14. The quantitative estimate of drug-likeness (QED) is 0.687. The molecule has 0 N–H and O–H groups in total. The van der Waals surface area contributed by atoms with Crippen LogP contribution in [0.5, 0.6) is 0 Å². The lowest BCUT2D eigenvalue weighted by molar-refractivity contribution is 0.178. The van der Waals surface area contributed by atoms with Crippen molar-refractivity contribution in [2.45, 2.75) is 51.6 Å². The lowest BCUT2D eigenvalue weighted by Crippen LogP contribution is -2.34. The molecule has 0 aromatic carbocycles. The minimum atomic E-state index is -0.00792. The molecule has 0 amide bonds. The van der Waals surface area contributed by atoms with Crippen molar-refractivity contribution in [2.24, 2.45) is 0 Å². The third-order valence-electron chi connectivity index (χ3n) is 5.20. The van der Waals surface area contributed by atoms with Crippen molar-refractivity contribution in [1.82, 2.24) is 29.8 Å². The van der Waals surface area contributed by atoms with Crippen LogP contribution in [-0.4, -0.2) is 50.0 Å². The Hall–Kier alpha value is -2.61. The molecule has 1 aliphatic rings. The summed E-state index contributed by atoms with van der Waals surface area (Å²) in [5.74, 6) is 2.97. The number of methoxy groups -OCH3 is 1. The Balaban J connectivity index is 1.52. The van der Waals surface area contributed by atoms with Crippen molar-refractivity contribution < 1.29 is 4.74 Å². The minimum absolute atomic E-state index is 0.00792. The molecule has 0 atom stereocenters. The molecule has 0 bridgehead atoms. The average Bonchev–Trinajstić information content (AvgIpc) is 3.11. The highest BCUT2D eigenvalue weighted by Gasteiger charge is 2.26. The van der Waals surface area contributed by atoms with Gasteiger partial charge in [0.05, 0.1) is 5.69 Å². The fourth-order valence-corrected chi connectivity index (χ4v) is 3.59. The number of hydrogen-bond donors (Lipinski definition) is 0. The third kappa shape index (κ3) is 3.69. The molecule has 148 valence electrons. The number of fused-ring (bicyclic) bond motifs is 1. The summed E-state index contributed by atoms with van der Waals surface area (Å²) in [5.41, 5.74) is 1.85. The summed E-state index contributed by atoms with van der Waals surface area (Å²) in [5, 5.41) is 13.6. The Morgan fingerprint density at radius 2 is 1.89 bits per heavy atom. The Morgan fingerprint density at radius 3 is 2.61 bits per heavy atom. The molecular weight excluding hydrogens is 354 g/mol. The molecule has 0 unspecified atom stereocenters. The van der Waals surface area contributed by atoms with Crippen LogP contribution in [-0.2, 0) is 16.8 Å². The molecule has 8 nitrogen and oxygen atoms in total. The van der Waals surface area contributed by atoms with Crippen LogP contribution < -0.4 is 4.90 Å². The molecule has 0 spiro atoms. The van der Waals surface area contributed by atoms with Gasteiger partial charge in [-0.3, -0.25) is 0 Å². The molecule has 1 aliphatic heterocycles. The zero-order valence-electron chi connectivity index (χ0n) is 17.0. The van der Waals surface area contributed by atoms with E-state index in [1.165, 1.54) is 0 Å². The number of rotatable bonds is 4. The first kappa shape index (κ1) is 18.7. The SMILES string of the molecule is COCc1nccc(N2CCC(c3nnc4ccc(C(C)(C)C)nn34)CC2)n1. The number of anilines is 1. The minimum Gasteiger partial charge on any atom is -0.377 e. The van der Waals surface area contributed by atoms with E-state index in [0.717, 1.165) is 48.9 Å². The summed E-state index contributed by atoms with van der Waals surface area (Å²) in [6, 6.07) is 6.02. The highest BCUT2D eigenvalue weighted by atomic mass is 16.5. The fourth-order valence-electron chi connectivity index (χ4n) is 3.59. The molecule has 3 aromatic heterocycles. The van der Waals surface area contributed by atoms with E-state index in [4.69, 9.17) is 9.84 Å². The smallest absolute Gasteiger partial charge is 0.177 e. The zero-order valence-corrected chi connectivity index (χ0v) is 17.0. The topological polar surface area (TPSA) is 81.3 Å². The number of nitrogens with zero attached hydrogens (tertiary/aromatic N) is 7. The summed E-state index contributed by atoms with van der Waals surface area (Å²) in [6.07, 6.45) is 3.78. The van der Waals surface area contributed by atoms with Crippen LogP contribution in [0.2, 0.25) is 0 Å². The Morgan fingerprint density at radius 1 is 1.11 bits per heavy atom. The lowest BCUT2D eigenvalue weighted by atomic mass is 9.92. The van der Waals surface area contributed by atoms with Crippen LogP contribution in [0.1, 0.15) is 56.9 Å². The van der Waals surface area contributed by atoms with E-state index in [0.29, 0.717) is 18.3 Å². The van der Waals surface area contributed by atoms with Crippen LogP contribution in [0.15, 0.2) is 24.4 Å². The van der Waals surface area contributed by atoms with Crippen LogP contribution in [0, 0.1) is 0 Å². The first-order valence-electron chi connectivity index (χ1n) is 9.74. The number of ether oxygens (including phenoxy) is 1. The maximum Gasteiger partial charge on any atom is 0.177 e. The standard InChI is InChI=1S/C20H27N7O/c1-20(2,3)15-5-6-18-23-24-19(27(18)25-15)14-8-11-26(12-9-14)17-7-10-21-16(22-17)13-28-4/h5-7,10,14H,8-9,11-13H2,1-4H3. The Bertz CT molecular complexity index is 955. The van der Waals surface area contributed by atoms with E-state index >= 15 is 0 Å². The summed E-state index contributed by atoms with van der Waals surface area (Å²) in [6.45, 7) is 8.78. The van der Waals surface area contributed by atoms with Crippen molar-refractivity contribution in [3.63, 3.8) is 0 Å². The maximum atomic E-state index is 5.14. The number of aromatic nitrogens is 6. The molecule has 28 heavy (non-hydrogen) atoms. The molecule has 1 fully saturated rings. The Kier molecular flexibility index (Phi) is 4.97. The van der Waals surface area contributed by atoms with E-state index in [9.17, 15) is 0 Å². The molecular formula is C20H27N7O. The monoisotopic (exact) mass is 381 g/mol. The molecule has 0 saturated carbocycles. The summed E-state index contributed by atoms with van der Waals surface area (Å²) in [4.78, 5) is 11.2.